The quantitative estimate of drug-likeness (QED) is 0.492. The lowest BCUT2D eigenvalue weighted by Crippen LogP contribution is -2.29. The van der Waals surface area contributed by atoms with Crippen molar-refractivity contribution >= 4 is 5.91 Å². The molecule has 5 heteroatoms. The Morgan fingerprint density at radius 3 is 2.38 bits per heavy atom. The van der Waals surface area contributed by atoms with Gasteiger partial charge in [0.15, 0.2) is 0 Å². The van der Waals surface area contributed by atoms with Crippen LogP contribution in [0.1, 0.15) is 12.8 Å². The lowest BCUT2D eigenvalue weighted by molar-refractivity contribution is -0.130. The third-order valence-corrected chi connectivity index (χ3v) is 2.21. The van der Waals surface area contributed by atoms with Gasteiger partial charge in [0, 0.05) is 19.5 Å². The van der Waals surface area contributed by atoms with E-state index in [1.54, 1.807) is 0 Å². The van der Waals surface area contributed by atoms with Crippen molar-refractivity contribution in [2.24, 2.45) is 5.73 Å². The van der Waals surface area contributed by atoms with Gasteiger partial charge in [0.2, 0.25) is 5.91 Å². The first kappa shape index (κ1) is 10.4. The monoisotopic (exact) mass is 188 g/mol. The number of carbonyl (C=O) groups is 1. The molecule has 76 valence electrons. The standard InChI is InChI=1S/C8H16N2O3/c9-3-1-2-8(13)10-4-6(11)7(12)5-10/h6-7,11-12H,1-5,9H2/t6-,7+. The van der Waals surface area contributed by atoms with Gasteiger partial charge in [0.05, 0.1) is 12.2 Å². The Bertz CT molecular complexity index is 176. The zero-order valence-electron chi connectivity index (χ0n) is 7.52. The van der Waals surface area contributed by atoms with Gasteiger partial charge in [0.25, 0.3) is 0 Å². The highest BCUT2D eigenvalue weighted by Crippen LogP contribution is 2.11. The van der Waals surface area contributed by atoms with Gasteiger partial charge in [-0.15, -0.1) is 0 Å². The van der Waals surface area contributed by atoms with Gasteiger partial charge < -0.3 is 20.8 Å². The van der Waals surface area contributed by atoms with Gasteiger partial charge in [-0.2, -0.15) is 0 Å². The lowest BCUT2D eigenvalue weighted by atomic mass is 10.3. The fourth-order valence-corrected chi connectivity index (χ4v) is 1.38. The van der Waals surface area contributed by atoms with Gasteiger partial charge in [-0.25, -0.2) is 0 Å². The second-order valence-corrected chi connectivity index (χ2v) is 3.33. The summed E-state index contributed by atoms with van der Waals surface area (Å²) in [5.41, 5.74) is 5.26. The second kappa shape index (κ2) is 4.55. The third kappa shape index (κ3) is 2.65. The number of aliphatic hydroxyl groups is 2. The topological polar surface area (TPSA) is 86.8 Å². The molecule has 0 bridgehead atoms. The van der Waals surface area contributed by atoms with Crippen LogP contribution in [0.2, 0.25) is 0 Å². The fraction of sp³-hybridized carbons (Fsp3) is 0.875. The Kier molecular flexibility index (Phi) is 3.65. The lowest BCUT2D eigenvalue weighted by Gasteiger charge is -2.14. The molecule has 1 aliphatic heterocycles. The van der Waals surface area contributed by atoms with E-state index in [4.69, 9.17) is 5.73 Å². The number of aliphatic hydroxyl groups excluding tert-OH is 2. The maximum atomic E-state index is 11.3. The minimum absolute atomic E-state index is 0.0407. The van der Waals surface area contributed by atoms with E-state index in [-0.39, 0.29) is 19.0 Å². The molecule has 0 aromatic heterocycles. The number of rotatable bonds is 3. The van der Waals surface area contributed by atoms with Crippen molar-refractivity contribution < 1.29 is 15.0 Å². The summed E-state index contributed by atoms with van der Waals surface area (Å²) >= 11 is 0. The van der Waals surface area contributed by atoms with Crippen LogP contribution in [0.25, 0.3) is 0 Å². The Hall–Kier alpha value is -0.650. The molecule has 0 radical (unpaired) electrons. The summed E-state index contributed by atoms with van der Waals surface area (Å²) in [6.07, 6.45) is -0.527. The maximum Gasteiger partial charge on any atom is 0.222 e. The fourth-order valence-electron chi connectivity index (χ4n) is 1.38. The summed E-state index contributed by atoms with van der Waals surface area (Å²) in [6.45, 7) is 0.972. The molecule has 0 aromatic carbocycles. The molecule has 0 spiro atoms. The first-order chi connectivity index (χ1) is 6.15. The summed E-state index contributed by atoms with van der Waals surface area (Å²) < 4.78 is 0. The summed E-state index contributed by atoms with van der Waals surface area (Å²) in [6, 6.07) is 0. The van der Waals surface area contributed by atoms with Crippen LogP contribution in [-0.2, 0) is 4.79 Å². The molecule has 1 rings (SSSR count). The first-order valence-electron chi connectivity index (χ1n) is 4.49. The van der Waals surface area contributed by atoms with Crippen LogP contribution in [0, 0.1) is 0 Å². The highest BCUT2D eigenvalue weighted by atomic mass is 16.3. The molecule has 1 amide bonds. The molecule has 0 unspecified atom stereocenters. The van der Waals surface area contributed by atoms with E-state index in [1.165, 1.54) is 4.90 Å². The number of nitrogens with two attached hydrogens (primary N) is 1. The largest absolute Gasteiger partial charge is 0.388 e. The van der Waals surface area contributed by atoms with E-state index >= 15 is 0 Å². The molecule has 0 saturated carbocycles. The van der Waals surface area contributed by atoms with E-state index in [9.17, 15) is 15.0 Å². The Morgan fingerprint density at radius 2 is 1.92 bits per heavy atom. The van der Waals surface area contributed by atoms with Crippen molar-refractivity contribution in [2.45, 2.75) is 25.0 Å². The minimum atomic E-state index is -0.790. The van der Waals surface area contributed by atoms with Crippen molar-refractivity contribution in [1.29, 1.82) is 0 Å². The number of carbonyl (C=O) groups excluding carboxylic acids is 1. The zero-order valence-corrected chi connectivity index (χ0v) is 7.52. The molecule has 4 N–H and O–H groups in total. The average Bonchev–Trinajstić information content (AvgIpc) is 2.43. The van der Waals surface area contributed by atoms with Crippen LogP contribution in [0.3, 0.4) is 0 Å². The molecule has 0 aromatic rings. The van der Waals surface area contributed by atoms with Crippen molar-refractivity contribution in [3.05, 3.63) is 0 Å². The second-order valence-electron chi connectivity index (χ2n) is 3.33. The Morgan fingerprint density at radius 1 is 1.38 bits per heavy atom. The molecule has 5 nitrogen and oxygen atoms in total. The predicted octanol–water partition coefficient (Wildman–Crippen LogP) is -1.71. The number of hydrogen-bond acceptors (Lipinski definition) is 4. The summed E-state index contributed by atoms with van der Waals surface area (Å²) in [5, 5.41) is 18.3. The van der Waals surface area contributed by atoms with Gasteiger partial charge in [-0.05, 0) is 13.0 Å². The van der Waals surface area contributed by atoms with E-state index in [2.05, 4.69) is 0 Å². The minimum Gasteiger partial charge on any atom is -0.388 e. The Labute approximate surface area is 77.1 Å². The SMILES string of the molecule is NCCCC(=O)N1C[C@@H](O)[C@@H](O)C1. The molecule has 1 fully saturated rings. The summed E-state index contributed by atoms with van der Waals surface area (Å²) in [5.74, 6) is -0.0407. The summed E-state index contributed by atoms with van der Waals surface area (Å²) in [4.78, 5) is 12.8. The molecular weight excluding hydrogens is 172 g/mol. The van der Waals surface area contributed by atoms with Crippen LogP contribution in [0.4, 0.5) is 0 Å². The molecular formula is C8H16N2O3. The van der Waals surface area contributed by atoms with E-state index in [0.717, 1.165) is 0 Å². The van der Waals surface area contributed by atoms with Gasteiger partial charge >= 0.3 is 0 Å². The first-order valence-corrected chi connectivity index (χ1v) is 4.49. The third-order valence-electron chi connectivity index (χ3n) is 2.21. The Balaban J connectivity index is 2.33. The van der Waals surface area contributed by atoms with Crippen LogP contribution >= 0.6 is 0 Å². The molecule has 1 heterocycles. The number of hydrogen-bond donors (Lipinski definition) is 3. The number of amides is 1. The zero-order chi connectivity index (χ0) is 9.84. The molecule has 2 atom stereocenters. The van der Waals surface area contributed by atoms with E-state index in [0.29, 0.717) is 19.4 Å². The van der Waals surface area contributed by atoms with Crippen LogP contribution in [-0.4, -0.2) is 52.9 Å². The van der Waals surface area contributed by atoms with Gasteiger partial charge in [0.1, 0.15) is 0 Å². The van der Waals surface area contributed by atoms with E-state index in [1.807, 2.05) is 0 Å². The molecule has 13 heavy (non-hydrogen) atoms. The van der Waals surface area contributed by atoms with E-state index < -0.39 is 12.2 Å². The number of β-amino-alcohol motifs (C(OH)–C–C–N with tert-alkyl or cyclic N) is 2. The highest BCUT2D eigenvalue weighted by Gasteiger charge is 2.31. The van der Waals surface area contributed by atoms with Crippen molar-refractivity contribution in [3.63, 3.8) is 0 Å². The number of likely N-dealkylation sites (tertiary alicyclic amines) is 1. The summed E-state index contributed by atoms with van der Waals surface area (Å²) in [7, 11) is 0. The number of nitrogens with zero attached hydrogens (tertiary/aromatic N) is 1. The predicted molar refractivity (Wildman–Crippen MR) is 46.9 cm³/mol. The van der Waals surface area contributed by atoms with Gasteiger partial charge in [-0.1, -0.05) is 0 Å². The van der Waals surface area contributed by atoms with Crippen LogP contribution < -0.4 is 5.73 Å². The van der Waals surface area contributed by atoms with Crippen LogP contribution in [0.15, 0.2) is 0 Å². The maximum absolute atomic E-state index is 11.3. The average molecular weight is 188 g/mol. The molecule has 0 aliphatic carbocycles. The van der Waals surface area contributed by atoms with Gasteiger partial charge in [-0.3, -0.25) is 4.79 Å². The van der Waals surface area contributed by atoms with Crippen LogP contribution in [0.5, 0.6) is 0 Å². The smallest absolute Gasteiger partial charge is 0.222 e. The van der Waals surface area contributed by atoms with Crippen molar-refractivity contribution in [2.75, 3.05) is 19.6 Å². The highest BCUT2D eigenvalue weighted by molar-refractivity contribution is 5.76. The van der Waals surface area contributed by atoms with Crippen molar-refractivity contribution in [3.8, 4) is 0 Å². The molecule has 1 aliphatic rings. The van der Waals surface area contributed by atoms with Crippen molar-refractivity contribution in [1.82, 2.24) is 4.90 Å². The molecule has 1 saturated heterocycles. The normalized spacial score (nSPS) is 28.1.